The van der Waals surface area contributed by atoms with Crippen LogP contribution in [0.15, 0.2) is 58.5 Å². The summed E-state index contributed by atoms with van der Waals surface area (Å²) in [5.74, 6) is -0.527. The molecular weight excluding hydrogens is 336 g/mol. The average Bonchev–Trinajstić information content (AvgIpc) is 2.91. The zero-order valence-corrected chi connectivity index (χ0v) is 13.8. The number of Topliss-reactive ketones (excluding diaryl/α,β-unsaturated/α-hetero) is 1. The summed E-state index contributed by atoms with van der Waals surface area (Å²) in [7, 11) is -3.92. The summed E-state index contributed by atoms with van der Waals surface area (Å²) in [6, 6.07) is 13.0. The van der Waals surface area contributed by atoms with Crippen molar-refractivity contribution in [3.05, 3.63) is 59.1 Å². The highest BCUT2D eigenvalue weighted by Crippen LogP contribution is 2.24. The zero-order chi connectivity index (χ0) is 16.6. The number of hydrazone groups is 1. The number of hydrogen-bond acceptors (Lipinski definition) is 5. The Labute approximate surface area is 139 Å². The molecule has 1 heterocycles. The van der Waals surface area contributed by atoms with Crippen LogP contribution >= 0.6 is 11.6 Å². The van der Waals surface area contributed by atoms with E-state index in [1.807, 2.05) is 6.92 Å². The Bertz CT molecular complexity index is 888. The summed E-state index contributed by atoms with van der Waals surface area (Å²) in [5, 5.41) is 5.49. The molecule has 0 unspecified atom stereocenters. The van der Waals surface area contributed by atoms with Gasteiger partial charge in [-0.15, -0.1) is 0 Å². The minimum absolute atomic E-state index is 0.0631. The van der Waals surface area contributed by atoms with Crippen LogP contribution in [0.3, 0.4) is 0 Å². The number of carbonyl (C=O) groups is 1. The molecule has 2 aromatic carbocycles. The van der Waals surface area contributed by atoms with E-state index in [1.165, 1.54) is 17.1 Å². The number of ketones is 1. The van der Waals surface area contributed by atoms with Crippen LogP contribution in [0.25, 0.3) is 0 Å². The molecule has 0 saturated carbocycles. The number of carbonyl (C=O) groups excluding carboxylic acids is 1. The number of nitrogens with zero attached hydrogens (tertiary/aromatic N) is 2. The van der Waals surface area contributed by atoms with E-state index < -0.39 is 20.7 Å². The van der Waals surface area contributed by atoms with Gasteiger partial charge in [0.1, 0.15) is 6.54 Å². The topological polar surface area (TPSA) is 66.8 Å². The van der Waals surface area contributed by atoms with E-state index in [4.69, 9.17) is 11.6 Å². The average molecular weight is 349 g/mol. The normalized spacial score (nSPS) is 15.0. The third-order valence-corrected chi connectivity index (χ3v) is 5.42. The first-order chi connectivity index (χ1) is 10.9. The van der Waals surface area contributed by atoms with Crippen LogP contribution in [-0.4, -0.2) is 25.8 Å². The van der Waals surface area contributed by atoms with Gasteiger partial charge in [0.15, 0.2) is 0 Å². The van der Waals surface area contributed by atoms with Crippen LogP contribution in [-0.2, 0) is 14.6 Å². The summed E-state index contributed by atoms with van der Waals surface area (Å²) in [6.45, 7) is 1.75. The third-order valence-electron chi connectivity index (χ3n) is 3.45. The fraction of sp³-hybridized carbons (Fsp3) is 0.125. The predicted octanol–water partition coefficient (Wildman–Crippen LogP) is 2.82. The molecule has 0 bridgehead atoms. The Morgan fingerprint density at radius 2 is 1.65 bits per heavy atom. The van der Waals surface area contributed by atoms with Crippen molar-refractivity contribution in [2.75, 3.05) is 11.6 Å². The van der Waals surface area contributed by atoms with Crippen LogP contribution in [0.5, 0.6) is 0 Å². The van der Waals surface area contributed by atoms with E-state index >= 15 is 0 Å². The first-order valence-corrected chi connectivity index (χ1v) is 8.71. The third kappa shape index (κ3) is 3.00. The Morgan fingerprint density at radius 1 is 1.04 bits per heavy atom. The summed E-state index contributed by atoms with van der Waals surface area (Å²) in [4.78, 5) is 12.2. The van der Waals surface area contributed by atoms with Crippen LogP contribution in [0, 0.1) is 6.92 Å². The quantitative estimate of drug-likeness (QED) is 0.837. The van der Waals surface area contributed by atoms with Gasteiger partial charge in [0, 0.05) is 5.02 Å². The molecule has 0 atom stereocenters. The smallest absolute Gasteiger partial charge is 0.229 e. The van der Waals surface area contributed by atoms with Crippen molar-refractivity contribution in [3.63, 3.8) is 0 Å². The molecule has 1 aliphatic heterocycles. The molecule has 3 rings (SSSR count). The molecule has 1 aliphatic rings. The van der Waals surface area contributed by atoms with Crippen LogP contribution in [0.1, 0.15) is 5.56 Å². The standard InChI is InChI=1S/C16H13ClN2O3S/c1-11-2-8-14(9-3-11)23(21,22)16-15(20)10-19(18-16)13-6-4-12(17)5-7-13/h2-9H,10H2,1H3. The molecule has 7 heteroatoms. The van der Waals surface area contributed by atoms with Crippen LogP contribution in [0.2, 0.25) is 5.02 Å². The van der Waals surface area contributed by atoms with E-state index in [2.05, 4.69) is 5.10 Å². The summed E-state index contributed by atoms with van der Waals surface area (Å²) in [6.07, 6.45) is 0. The Balaban J connectivity index is 1.98. The highest BCUT2D eigenvalue weighted by atomic mass is 35.5. The van der Waals surface area contributed by atoms with Gasteiger partial charge >= 0.3 is 0 Å². The SMILES string of the molecule is Cc1ccc(S(=O)(=O)C2=NN(c3ccc(Cl)cc3)CC2=O)cc1. The fourth-order valence-electron chi connectivity index (χ4n) is 2.20. The van der Waals surface area contributed by atoms with Crippen molar-refractivity contribution >= 4 is 38.0 Å². The number of anilines is 1. The Hall–Kier alpha value is -2.18. The van der Waals surface area contributed by atoms with Gasteiger partial charge in [0.25, 0.3) is 0 Å². The minimum Gasteiger partial charge on any atom is -0.289 e. The summed E-state index contributed by atoms with van der Waals surface area (Å²) in [5.41, 5.74) is 1.54. The second kappa shape index (κ2) is 5.79. The van der Waals surface area contributed by atoms with E-state index in [0.717, 1.165) is 5.56 Å². The maximum atomic E-state index is 12.6. The van der Waals surface area contributed by atoms with E-state index in [1.54, 1.807) is 36.4 Å². The van der Waals surface area contributed by atoms with E-state index in [0.29, 0.717) is 10.7 Å². The molecule has 0 N–H and O–H groups in total. The van der Waals surface area contributed by atoms with Gasteiger partial charge in [-0.3, -0.25) is 9.80 Å². The molecule has 23 heavy (non-hydrogen) atoms. The molecule has 0 amide bonds. The first kappa shape index (κ1) is 15.7. The lowest BCUT2D eigenvalue weighted by atomic mass is 10.2. The van der Waals surface area contributed by atoms with Gasteiger partial charge in [0.05, 0.1) is 10.6 Å². The molecule has 0 radical (unpaired) electrons. The number of rotatable bonds is 2. The molecular formula is C16H13ClN2O3S. The number of aryl methyl sites for hydroxylation is 1. The van der Waals surface area contributed by atoms with Crippen molar-refractivity contribution in [2.24, 2.45) is 5.10 Å². The van der Waals surface area contributed by atoms with Crippen molar-refractivity contribution in [1.82, 2.24) is 0 Å². The Kier molecular flexibility index (Phi) is 3.95. The van der Waals surface area contributed by atoms with Crippen molar-refractivity contribution in [1.29, 1.82) is 0 Å². The van der Waals surface area contributed by atoms with Crippen molar-refractivity contribution in [2.45, 2.75) is 11.8 Å². The maximum absolute atomic E-state index is 12.6. The molecule has 0 saturated heterocycles. The lowest BCUT2D eigenvalue weighted by Crippen LogP contribution is -2.24. The van der Waals surface area contributed by atoms with Gasteiger partial charge in [-0.25, -0.2) is 8.42 Å². The summed E-state index contributed by atoms with van der Waals surface area (Å²) < 4.78 is 25.2. The number of benzene rings is 2. The Morgan fingerprint density at radius 3 is 2.26 bits per heavy atom. The molecule has 5 nitrogen and oxygen atoms in total. The lowest BCUT2D eigenvalue weighted by Gasteiger charge is -2.11. The van der Waals surface area contributed by atoms with Crippen LogP contribution in [0.4, 0.5) is 5.69 Å². The van der Waals surface area contributed by atoms with Gasteiger partial charge in [-0.2, -0.15) is 5.10 Å². The monoisotopic (exact) mass is 348 g/mol. The number of hydrogen-bond donors (Lipinski definition) is 0. The highest BCUT2D eigenvalue weighted by molar-refractivity contribution is 8.08. The van der Waals surface area contributed by atoms with E-state index in [9.17, 15) is 13.2 Å². The zero-order valence-electron chi connectivity index (χ0n) is 12.2. The van der Waals surface area contributed by atoms with Gasteiger partial charge < -0.3 is 0 Å². The molecule has 0 fully saturated rings. The van der Waals surface area contributed by atoms with Gasteiger partial charge in [-0.1, -0.05) is 29.3 Å². The number of sulfone groups is 1. The summed E-state index contributed by atoms with van der Waals surface area (Å²) >= 11 is 5.82. The van der Waals surface area contributed by atoms with Crippen LogP contribution < -0.4 is 5.01 Å². The number of halogens is 1. The van der Waals surface area contributed by atoms with Crippen molar-refractivity contribution in [3.8, 4) is 0 Å². The van der Waals surface area contributed by atoms with Crippen molar-refractivity contribution < 1.29 is 13.2 Å². The van der Waals surface area contributed by atoms with Gasteiger partial charge in [-0.05, 0) is 43.3 Å². The molecule has 0 aliphatic carbocycles. The maximum Gasteiger partial charge on any atom is 0.229 e. The first-order valence-electron chi connectivity index (χ1n) is 6.84. The molecule has 0 aromatic heterocycles. The predicted molar refractivity (Wildman–Crippen MR) is 89.6 cm³/mol. The van der Waals surface area contributed by atoms with E-state index in [-0.39, 0.29) is 11.4 Å². The second-order valence-electron chi connectivity index (χ2n) is 5.18. The largest absolute Gasteiger partial charge is 0.289 e. The minimum atomic E-state index is -3.92. The molecule has 0 spiro atoms. The van der Waals surface area contributed by atoms with Gasteiger partial charge in [0.2, 0.25) is 20.7 Å². The molecule has 118 valence electrons. The lowest BCUT2D eigenvalue weighted by molar-refractivity contribution is -0.111. The highest BCUT2D eigenvalue weighted by Gasteiger charge is 2.35. The fourth-order valence-corrected chi connectivity index (χ4v) is 3.61. The molecule has 2 aromatic rings. The second-order valence-corrected chi connectivity index (χ2v) is 7.48.